The number of methoxy groups -OCH3 is 1. The van der Waals surface area contributed by atoms with Crippen LogP contribution in [0.3, 0.4) is 0 Å². The SMILES string of the molecule is COC(=O)C(C)NC(=O)Nc1ccc(N2CCN(C)CC2)c(Cl)c1. The van der Waals surface area contributed by atoms with Crippen molar-refractivity contribution in [1.29, 1.82) is 0 Å². The van der Waals surface area contributed by atoms with Crippen molar-refractivity contribution < 1.29 is 14.3 Å². The fourth-order valence-corrected chi connectivity index (χ4v) is 2.79. The molecule has 24 heavy (non-hydrogen) atoms. The van der Waals surface area contributed by atoms with Gasteiger partial charge in [0, 0.05) is 31.9 Å². The highest BCUT2D eigenvalue weighted by Crippen LogP contribution is 2.29. The van der Waals surface area contributed by atoms with Gasteiger partial charge < -0.3 is 25.2 Å². The maximum atomic E-state index is 11.9. The van der Waals surface area contributed by atoms with Crippen molar-refractivity contribution in [2.45, 2.75) is 13.0 Å². The molecule has 2 rings (SSSR count). The van der Waals surface area contributed by atoms with Crippen LogP contribution in [0.15, 0.2) is 18.2 Å². The molecule has 8 heteroatoms. The van der Waals surface area contributed by atoms with E-state index in [1.165, 1.54) is 7.11 Å². The van der Waals surface area contributed by atoms with Crippen LogP contribution in [-0.4, -0.2) is 63.3 Å². The second-order valence-electron chi connectivity index (χ2n) is 5.80. The van der Waals surface area contributed by atoms with Gasteiger partial charge in [0.25, 0.3) is 0 Å². The minimum absolute atomic E-state index is 0.490. The zero-order valence-electron chi connectivity index (χ0n) is 14.1. The van der Waals surface area contributed by atoms with E-state index in [1.54, 1.807) is 19.1 Å². The highest BCUT2D eigenvalue weighted by Gasteiger charge is 2.18. The Bertz CT molecular complexity index is 603. The predicted molar refractivity (Wildman–Crippen MR) is 94.8 cm³/mol. The second kappa shape index (κ2) is 8.21. The first kappa shape index (κ1) is 18.4. The third kappa shape index (κ3) is 4.75. The number of nitrogens with one attached hydrogen (secondary N) is 2. The number of carbonyl (C=O) groups excluding carboxylic acids is 2. The van der Waals surface area contributed by atoms with Crippen LogP contribution in [0, 0.1) is 0 Å². The van der Waals surface area contributed by atoms with Gasteiger partial charge in [-0.25, -0.2) is 9.59 Å². The summed E-state index contributed by atoms with van der Waals surface area (Å²) in [5, 5.41) is 5.74. The summed E-state index contributed by atoms with van der Waals surface area (Å²) in [6.45, 7) is 5.36. The van der Waals surface area contributed by atoms with Gasteiger partial charge in [-0.2, -0.15) is 0 Å². The van der Waals surface area contributed by atoms with Gasteiger partial charge in [-0.05, 0) is 32.2 Å². The molecule has 1 aromatic rings. The van der Waals surface area contributed by atoms with Crippen molar-refractivity contribution in [2.75, 3.05) is 50.6 Å². The van der Waals surface area contributed by atoms with Crippen molar-refractivity contribution in [1.82, 2.24) is 10.2 Å². The average molecular weight is 355 g/mol. The standard InChI is InChI=1S/C16H23ClN4O3/c1-11(15(22)24-3)18-16(23)19-12-4-5-14(13(17)10-12)21-8-6-20(2)7-9-21/h4-5,10-11H,6-9H2,1-3H3,(H2,18,19,23). The van der Waals surface area contributed by atoms with E-state index in [1.807, 2.05) is 6.07 Å². The fourth-order valence-electron chi connectivity index (χ4n) is 2.49. The predicted octanol–water partition coefficient (Wildman–Crippen LogP) is 1.77. The van der Waals surface area contributed by atoms with Gasteiger partial charge in [-0.3, -0.25) is 0 Å². The molecule has 0 aliphatic carbocycles. The molecule has 0 bridgehead atoms. The molecular formula is C16H23ClN4O3. The number of likely N-dealkylation sites (N-methyl/N-ethyl adjacent to an activating group) is 1. The lowest BCUT2D eigenvalue weighted by atomic mass is 10.2. The number of nitrogens with zero attached hydrogens (tertiary/aromatic N) is 2. The highest BCUT2D eigenvalue weighted by molar-refractivity contribution is 6.33. The number of ether oxygens (including phenoxy) is 1. The quantitative estimate of drug-likeness (QED) is 0.806. The zero-order chi connectivity index (χ0) is 17.7. The highest BCUT2D eigenvalue weighted by atomic mass is 35.5. The Balaban J connectivity index is 1.96. The van der Waals surface area contributed by atoms with E-state index in [4.69, 9.17) is 11.6 Å². The molecule has 1 unspecified atom stereocenters. The summed E-state index contributed by atoms with van der Waals surface area (Å²) >= 11 is 6.36. The molecule has 2 N–H and O–H groups in total. The number of halogens is 1. The molecule has 0 saturated carbocycles. The molecule has 132 valence electrons. The van der Waals surface area contributed by atoms with Gasteiger partial charge in [0.05, 0.1) is 17.8 Å². The Kier molecular flexibility index (Phi) is 6.28. The normalized spacial score (nSPS) is 16.4. The third-order valence-corrected chi connectivity index (χ3v) is 4.25. The lowest BCUT2D eigenvalue weighted by Crippen LogP contribution is -2.44. The van der Waals surface area contributed by atoms with Crippen LogP contribution < -0.4 is 15.5 Å². The molecule has 1 aliphatic heterocycles. The number of hydrogen-bond acceptors (Lipinski definition) is 5. The van der Waals surface area contributed by atoms with Gasteiger partial charge in [0.1, 0.15) is 6.04 Å². The number of carbonyl (C=O) groups is 2. The molecule has 0 spiro atoms. The van der Waals surface area contributed by atoms with Gasteiger partial charge >= 0.3 is 12.0 Å². The van der Waals surface area contributed by atoms with Crippen molar-refractivity contribution in [3.63, 3.8) is 0 Å². The Hall–Kier alpha value is -1.99. The molecule has 7 nitrogen and oxygen atoms in total. The first-order valence-electron chi connectivity index (χ1n) is 7.79. The Morgan fingerprint density at radius 1 is 1.25 bits per heavy atom. The molecule has 1 atom stereocenters. The molecule has 2 amide bonds. The minimum Gasteiger partial charge on any atom is -0.467 e. The lowest BCUT2D eigenvalue weighted by Gasteiger charge is -2.34. The van der Waals surface area contributed by atoms with Gasteiger partial charge in [0.2, 0.25) is 0 Å². The van der Waals surface area contributed by atoms with Gasteiger partial charge in [0.15, 0.2) is 0 Å². The first-order valence-corrected chi connectivity index (χ1v) is 8.17. The number of benzene rings is 1. The van der Waals surface area contributed by atoms with E-state index in [-0.39, 0.29) is 0 Å². The maximum absolute atomic E-state index is 11.9. The van der Waals surface area contributed by atoms with Crippen LogP contribution >= 0.6 is 11.6 Å². The van der Waals surface area contributed by atoms with E-state index in [9.17, 15) is 9.59 Å². The number of rotatable bonds is 4. The number of esters is 1. The van der Waals surface area contributed by atoms with Crippen LogP contribution in [0.5, 0.6) is 0 Å². The molecule has 1 aliphatic rings. The van der Waals surface area contributed by atoms with Gasteiger partial charge in [-0.1, -0.05) is 11.6 Å². The molecular weight excluding hydrogens is 332 g/mol. The fraction of sp³-hybridized carbons (Fsp3) is 0.500. The average Bonchev–Trinajstić information content (AvgIpc) is 2.55. The second-order valence-corrected chi connectivity index (χ2v) is 6.21. The van der Waals surface area contributed by atoms with Crippen LogP contribution in [0.1, 0.15) is 6.92 Å². The van der Waals surface area contributed by atoms with Crippen LogP contribution in [0.4, 0.5) is 16.2 Å². The largest absolute Gasteiger partial charge is 0.467 e. The number of amides is 2. The summed E-state index contributed by atoms with van der Waals surface area (Å²) < 4.78 is 4.56. The van der Waals surface area contributed by atoms with Crippen LogP contribution in [0.25, 0.3) is 0 Å². The summed E-state index contributed by atoms with van der Waals surface area (Å²) in [5.74, 6) is -0.506. The molecule has 0 radical (unpaired) electrons. The number of urea groups is 1. The Labute approximate surface area is 146 Å². The van der Waals surface area contributed by atoms with E-state index >= 15 is 0 Å². The smallest absolute Gasteiger partial charge is 0.328 e. The molecule has 0 aromatic heterocycles. The van der Waals surface area contributed by atoms with Crippen molar-refractivity contribution >= 4 is 35.0 Å². The van der Waals surface area contributed by atoms with E-state index in [0.29, 0.717) is 10.7 Å². The minimum atomic E-state index is -0.727. The van der Waals surface area contributed by atoms with Crippen molar-refractivity contribution in [2.24, 2.45) is 0 Å². The number of anilines is 2. The molecule has 1 fully saturated rings. The maximum Gasteiger partial charge on any atom is 0.328 e. The zero-order valence-corrected chi connectivity index (χ0v) is 14.9. The summed E-state index contributed by atoms with van der Waals surface area (Å²) in [4.78, 5) is 27.7. The first-order chi connectivity index (χ1) is 11.4. The topological polar surface area (TPSA) is 73.9 Å². The van der Waals surface area contributed by atoms with Crippen molar-refractivity contribution in [3.05, 3.63) is 23.2 Å². The third-order valence-electron chi connectivity index (χ3n) is 3.95. The molecule has 1 heterocycles. The van der Waals surface area contributed by atoms with Crippen molar-refractivity contribution in [3.8, 4) is 0 Å². The Morgan fingerprint density at radius 2 is 1.92 bits per heavy atom. The van der Waals surface area contributed by atoms with E-state index in [2.05, 4.69) is 32.2 Å². The number of hydrogen-bond donors (Lipinski definition) is 2. The van der Waals surface area contributed by atoms with Crippen LogP contribution in [0.2, 0.25) is 5.02 Å². The van der Waals surface area contributed by atoms with E-state index < -0.39 is 18.0 Å². The summed E-state index contributed by atoms with van der Waals surface area (Å²) in [7, 11) is 3.37. The summed E-state index contributed by atoms with van der Waals surface area (Å²) in [6, 6.07) is 4.18. The van der Waals surface area contributed by atoms with E-state index in [0.717, 1.165) is 31.9 Å². The van der Waals surface area contributed by atoms with Gasteiger partial charge in [-0.15, -0.1) is 0 Å². The number of piperazine rings is 1. The van der Waals surface area contributed by atoms with Crippen LogP contribution in [-0.2, 0) is 9.53 Å². The molecule has 1 saturated heterocycles. The lowest BCUT2D eigenvalue weighted by molar-refractivity contribution is -0.142. The summed E-state index contributed by atoms with van der Waals surface area (Å²) in [6.07, 6.45) is 0. The monoisotopic (exact) mass is 354 g/mol. The molecule has 1 aromatic carbocycles. The Morgan fingerprint density at radius 3 is 2.50 bits per heavy atom. The summed E-state index contributed by atoms with van der Waals surface area (Å²) in [5.41, 5.74) is 1.52.